The Bertz CT molecular complexity index is 2660. The van der Waals surface area contributed by atoms with Crippen LogP contribution in [0, 0.1) is 23.7 Å². The summed E-state index contributed by atoms with van der Waals surface area (Å²) < 4.78 is 0. The summed E-state index contributed by atoms with van der Waals surface area (Å²) in [6.45, 7) is 5.77. The van der Waals surface area contributed by atoms with Gasteiger partial charge >= 0.3 is 0 Å². The fourth-order valence-electron chi connectivity index (χ4n) is 15.3. The third kappa shape index (κ3) is 4.39. The lowest BCUT2D eigenvalue weighted by Crippen LogP contribution is -2.48. The number of fused-ring (bicyclic) bond motifs is 12. The van der Waals surface area contributed by atoms with E-state index < -0.39 is 0 Å². The van der Waals surface area contributed by atoms with Gasteiger partial charge in [-0.2, -0.15) is 0 Å². The van der Waals surface area contributed by atoms with E-state index in [4.69, 9.17) is 0 Å². The minimum atomic E-state index is -0.111. The predicted octanol–water partition coefficient (Wildman–Crippen LogP) is 14.7. The Kier molecular flexibility index (Phi) is 7.10. The lowest BCUT2D eigenvalue weighted by Gasteiger charge is -2.53. The highest BCUT2D eigenvalue weighted by atomic mass is 15.1. The highest BCUT2D eigenvalue weighted by Gasteiger charge is 2.59. The summed E-state index contributed by atoms with van der Waals surface area (Å²) in [5, 5.41) is 0. The smallest absolute Gasteiger partial charge is 0.0481 e. The molecule has 5 unspecified atom stereocenters. The number of nitrogens with zero attached hydrogens (tertiary/aromatic N) is 1. The van der Waals surface area contributed by atoms with Gasteiger partial charge in [0.05, 0.1) is 0 Å². The van der Waals surface area contributed by atoms with Crippen LogP contribution in [0.5, 0.6) is 0 Å². The first-order valence-electron chi connectivity index (χ1n) is 22.9. The number of hydrogen-bond donors (Lipinski definition) is 0. The van der Waals surface area contributed by atoms with Crippen molar-refractivity contribution in [1.82, 2.24) is 0 Å². The second kappa shape index (κ2) is 12.1. The van der Waals surface area contributed by atoms with Gasteiger partial charge in [0.2, 0.25) is 0 Å². The van der Waals surface area contributed by atoms with Crippen molar-refractivity contribution < 1.29 is 0 Å². The summed E-state index contributed by atoms with van der Waals surface area (Å²) in [6.07, 6.45) is 15.0. The van der Waals surface area contributed by atoms with Crippen LogP contribution in [0.3, 0.4) is 0 Å². The van der Waals surface area contributed by atoms with E-state index in [1.165, 1.54) is 132 Å². The molecular weight excluding hydrogens is 699 g/mol. The van der Waals surface area contributed by atoms with E-state index in [0.717, 1.165) is 30.2 Å². The second-order valence-corrected chi connectivity index (χ2v) is 20.3. The van der Waals surface area contributed by atoms with E-state index >= 15 is 0 Å². The molecule has 5 fully saturated rings. The van der Waals surface area contributed by atoms with Crippen molar-refractivity contribution in [3.63, 3.8) is 0 Å². The van der Waals surface area contributed by atoms with Gasteiger partial charge < -0.3 is 4.90 Å². The Balaban J connectivity index is 1.00. The standard InChI is InChI=1S/C57H55N/c1-55(2)48-17-7-4-15-44(48)47-16-12-20-53(54(47)55)58(41-24-26-45-42-13-5-8-18-49(42)56(51(45)34-41)27-10-3-11-28-56)35-37-22-25-46-43-14-6-9-19-50(43)57(52(46)33-37)39-23-21-36-29-38(31-39)32-40(57)30-36/h4-9,12-20,22,24-26,33-34,36,38-40H,3,10-11,21,23,27-32,35H2,1-2H3. The maximum Gasteiger partial charge on any atom is 0.0481 e. The van der Waals surface area contributed by atoms with E-state index in [0.29, 0.717) is 0 Å². The van der Waals surface area contributed by atoms with Crippen LogP contribution in [0.15, 0.2) is 127 Å². The molecule has 5 saturated carbocycles. The molecule has 0 aliphatic heterocycles. The van der Waals surface area contributed by atoms with Crippen molar-refractivity contribution in [3.05, 3.63) is 166 Å². The van der Waals surface area contributed by atoms with Gasteiger partial charge in [0.1, 0.15) is 0 Å². The molecule has 0 N–H and O–H groups in total. The van der Waals surface area contributed by atoms with Gasteiger partial charge in [-0.3, -0.25) is 0 Å². The molecule has 5 atom stereocenters. The molecule has 6 aromatic carbocycles. The Morgan fingerprint density at radius 3 is 1.97 bits per heavy atom. The van der Waals surface area contributed by atoms with Crippen LogP contribution in [-0.4, -0.2) is 0 Å². The van der Waals surface area contributed by atoms with Crippen molar-refractivity contribution in [2.24, 2.45) is 23.7 Å². The molecule has 8 aliphatic rings. The topological polar surface area (TPSA) is 3.24 Å². The molecule has 0 saturated heterocycles. The largest absolute Gasteiger partial charge is 0.337 e. The second-order valence-electron chi connectivity index (χ2n) is 20.3. The van der Waals surface area contributed by atoms with E-state index in [-0.39, 0.29) is 16.2 Å². The number of rotatable bonds is 4. The molecule has 8 aliphatic carbocycles. The fourth-order valence-corrected chi connectivity index (χ4v) is 15.3. The maximum atomic E-state index is 2.74. The molecule has 0 amide bonds. The Morgan fingerprint density at radius 1 is 0.500 bits per heavy atom. The lowest BCUT2D eigenvalue weighted by molar-refractivity contribution is 0.0617. The van der Waals surface area contributed by atoms with Gasteiger partial charge in [0.15, 0.2) is 0 Å². The van der Waals surface area contributed by atoms with E-state index in [1.807, 2.05) is 0 Å². The normalized spacial score (nSPS) is 26.8. The van der Waals surface area contributed by atoms with Crippen LogP contribution in [0.25, 0.3) is 33.4 Å². The van der Waals surface area contributed by atoms with E-state index in [1.54, 1.807) is 22.3 Å². The van der Waals surface area contributed by atoms with Crippen molar-refractivity contribution in [3.8, 4) is 33.4 Å². The first kappa shape index (κ1) is 34.0. The molecule has 2 spiro atoms. The third-order valence-electron chi connectivity index (χ3n) is 17.4. The minimum Gasteiger partial charge on any atom is -0.337 e. The zero-order valence-corrected chi connectivity index (χ0v) is 34.4. The highest BCUT2D eigenvalue weighted by molar-refractivity contribution is 5.89. The Labute approximate surface area is 345 Å². The number of hydrogen-bond acceptors (Lipinski definition) is 1. The molecule has 4 bridgehead atoms. The van der Waals surface area contributed by atoms with Gasteiger partial charge in [0.25, 0.3) is 0 Å². The zero-order chi connectivity index (χ0) is 38.4. The first-order chi connectivity index (χ1) is 28.4. The average Bonchev–Trinajstić information content (AvgIpc) is 3.71. The van der Waals surface area contributed by atoms with Gasteiger partial charge in [-0.1, -0.05) is 149 Å². The van der Waals surface area contributed by atoms with Crippen LogP contribution in [0.2, 0.25) is 0 Å². The SMILES string of the molecule is CC1(C)c2ccccc2-c2cccc(N(Cc3ccc4c(c3)C3(c5ccccc5-4)C4CCC5CC(C4)CC3C5)c3ccc4c(c3)C3(CCCCC3)c3ccccc3-4)c21. The van der Waals surface area contributed by atoms with Crippen LogP contribution < -0.4 is 4.90 Å². The molecule has 14 rings (SSSR count). The average molecular weight is 754 g/mol. The zero-order valence-electron chi connectivity index (χ0n) is 34.4. The van der Waals surface area contributed by atoms with Crippen LogP contribution >= 0.6 is 0 Å². The van der Waals surface area contributed by atoms with Crippen molar-refractivity contribution in [1.29, 1.82) is 0 Å². The quantitative estimate of drug-likeness (QED) is 0.173. The molecular formula is C57H55N. The highest BCUT2D eigenvalue weighted by Crippen LogP contribution is 2.68. The van der Waals surface area contributed by atoms with Crippen LogP contribution in [-0.2, 0) is 22.8 Å². The monoisotopic (exact) mass is 753 g/mol. The van der Waals surface area contributed by atoms with Gasteiger partial charge in [-0.05, 0) is 159 Å². The molecule has 288 valence electrons. The molecule has 6 aromatic rings. The van der Waals surface area contributed by atoms with Gasteiger partial charge in [-0.15, -0.1) is 0 Å². The molecule has 0 radical (unpaired) electrons. The summed E-state index contributed by atoms with van der Waals surface area (Å²) in [5.74, 6) is 3.36. The third-order valence-corrected chi connectivity index (χ3v) is 17.4. The summed E-state index contributed by atoms with van der Waals surface area (Å²) >= 11 is 0. The van der Waals surface area contributed by atoms with Crippen molar-refractivity contribution >= 4 is 11.4 Å². The van der Waals surface area contributed by atoms with E-state index in [9.17, 15) is 0 Å². The Hall–Kier alpha value is -4.88. The van der Waals surface area contributed by atoms with Crippen LogP contribution in [0.4, 0.5) is 11.4 Å². The number of benzene rings is 6. The number of anilines is 2. The fraction of sp³-hybridized carbons (Fsp3) is 0.368. The molecule has 0 heterocycles. The van der Waals surface area contributed by atoms with E-state index in [2.05, 4.69) is 146 Å². The lowest BCUT2D eigenvalue weighted by atomic mass is 9.50. The van der Waals surface area contributed by atoms with Crippen molar-refractivity contribution in [2.75, 3.05) is 4.90 Å². The van der Waals surface area contributed by atoms with Crippen molar-refractivity contribution in [2.45, 2.75) is 107 Å². The van der Waals surface area contributed by atoms with Crippen LogP contribution in [0.1, 0.15) is 123 Å². The summed E-state index contributed by atoms with van der Waals surface area (Å²) in [4.78, 5) is 2.74. The molecule has 1 heteroatoms. The Morgan fingerprint density at radius 2 is 1.14 bits per heavy atom. The summed E-state index contributed by atoms with van der Waals surface area (Å²) in [5.41, 5.74) is 22.4. The minimum absolute atomic E-state index is 0.111. The molecule has 58 heavy (non-hydrogen) atoms. The summed E-state index contributed by atoms with van der Waals surface area (Å²) in [6, 6.07) is 50.7. The van der Waals surface area contributed by atoms with Gasteiger partial charge in [-0.25, -0.2) is 0 Å². The molecule has 0 aromatic heterocycles. The maximum absolute atomic E-state index is 2.74. The predicted molar refractivity (Wildman–Crippen MR) is 240 cm³/mol. The summed E-state index contributed by atoms with van der Waals surface area (Å²) in [7, 11) is 0. The first-order valence-corrected chi connectivity index (χ1v) is 22.9. The molecule has 1 nitrogen and oxygen atoms in total. The van der Waals surface area contributed by atoms with Gasteiger partial charge in [0, 0.05) is 34.2 Å².